The first-order valence-electron chi connectivity index (χ1n) is 5.52. The number of H-pyrrole nitrogens is 1. The lowest BCUT2D eigenvalue weighted by molar-refractivity contribution is 0.0955. The van der Waals surface area contributed by atoms with Crippen molar-refractivity contribution in [3.63, 3.8) is 0 Å². The molecule has 3 heterocycles. The van der Waals surface area contributed by atoms with E-state index < -0.39 is 0 Å². The number of carbonyl (C=O) groups is 1. The Labute approximate surface area is 115 Å². The van der Waals surface area contributed by atoms with Crippen molar-refractivity contribution in [3.8, 4) is 0 Å². The lowest BCUT2D eigenvalue weighted by Crippen LogP contribution is -2.21. The molecule has 0 bridgehead atoms. The molecule has 0 aliphatic rings. The standard InChI is InChI=1S/C12H9N3O2S2/c16-10-8-4-7(19-12(8)15-6-14-10)5-13-11(17)9-2-1-3-18-9/h1-4,6H,5H2,(H,13,17)(H,14,15,16). The van der Waals surface area contributed by atoms with Crippen LogP contribution in [-0.2, 0) is 6.54 Å². The van der Waals surface area contributed by atoms with Gasteiger partial charge in [0.2, 0.25) is 0 Å². The van der Waals surface area contributed by atoms with Gasteiger partial charge >= 0.3 is 0 Å². The van der Waals surface area contributed by atoms with Crippen molar-refractivity contribution < 1.29 is 4.79 Å². The van der Waals surface area contributed by atoms with Gasteiger partial charge in [-0.15, -0.1) is 22.7 Å². The lowest BCUT2D eigenvalue weighted by atomic mass is 10.3. The van der Waals surface area contributed by atoms with Gasteiger partial charge in [0.15, 0.2) is 0 Å². The minimum Gasteiger partial charge on any atom is -0.346 e. The van der Waals surface area contributed by atoms with Crippen LogP contribution in [0.2, 0.25) is 0 Å². The summed E-state index contributed by atoms with van der Waals surface area (Å²) in [4.78, 5) is 32.2. The average Bonchev–Trinajstić information content (AvgIpc) is 3.05. The number of aromatic nitrogens is 2. The molecule has 7 heteroatoms. The number of hydrogen-bond acceptors (Lipinski definition) is 5. The van der Waals surface area contributed by atoms with Crippen LogP contribution >= 0.6 is 22.7 Å². The summed E-state index contributed by atoms with van der Waals surface area (Å²) in [5.41, 5.74) is -0.155. The van der Waals surface area contributed by atoms with Crippen LogP contribution in [0, 0.1) is 0 Å². The highest BCUT2D eigenvalue weighted by Crippen LogP contribution is 2.20. The fourth-order valence-electron chi connectivity index (χ4n) is 1.67. The second kappa shape index (κ2) is 4.94. The van der Waals surface area contributed by atoms with Gasteiger partial charge in [-0.05, 0) is 17.5 Å². The number of nitrogens with one attached hydrogen (secondary N) is 2. The van der Waals surface area contributed by atoms with Gasteiger partial charge in [0.25, 0.3) is 11.5 Å². The van der Waals surface area contributed by atoms with Crippen molar-refractivity contribution in [3.05, 3.63) is 50.0 Å². The van der Waals surface area contributed by atoms with Gasteiger partial charge in [-0.1, -0.05) is 6.07 Å². The first-order valence-corrected chi connectivity index (χ1v) is 7.21. The molecule has 5 nitrogen and oxygen atoms in total. The summed E-state index contributed by atoms with van der Waals surface area (Å²) in [5, 5.41) is 5.25. The Balaban J connectivity index is 1.77. The van der Waals surface area contributed by atoms with Crippen molar-refractivity contribution in [2.24, 2.45) is 0 Å². The van der Waals surface area contributed by atoms with Crippen LogP contribution in [0.25, 0.3) is 10.2 Å². The summed E-state index contributed by atoms with van der Waals surface area (Å²) in [7, 11) is 0. The van der Waals surface area contributed by atoms with Crippen molar-refractivity contribution >= 4 is 38.8 Å². The van der Waals surface area contributed by atoms with Crippen LogP contribution in [-0.4, -0.2) is 15.9 Å². The number of aromatic amines is 1. The summed E-state index contributed by atoms with van der Waals surface area (Å²) in [5.74, 6) is -0.102. The Bertz CT molecular complexity index is 774. The maximum absolute atomic E-state index is 11.8. The van der Waals surface area contributed by atoms with E-state index in [1.54, 1.807) is 12.1 Å². The Morgan fingerprint density at radius 2 is 2.37 bits per heavy atom. The molecule has 1 amide bonds. The van der Waals surface area contributed by atoms with Gasteiger partial charge in [-0.2, -0.15) is 0 Å². The SMILES string of the molecule is O=C(NCc1cc2c(=O)[nH]cnc2s1)c1cccs1. The molecule has 0 aromatic carbocycles. The fraction of sp³-hybridized carbons (Fsp3) is 0.0833. The number of fused-ring (bicyclic) bond motifs is 1. The normalized spacial score (nSPS) is 10.7. The molecule has 0 unspecified atom stereocenters. The highest BCUT2D eigenvalue weighted by Gasteiger charge is 2.09. The molecular weight excluding hydrogens is 282 g/mol. The first kappa shape index (κ1) is 12.1. The lowest BCUT2D eigenvalue weighted by Gasteiger charge is -2.00. The molecule has 0 aliphatic heterocycles. The zero-order chi connectivity index (χ0) is 13.2. The molecule has 0 saturated carbocycles. The largest absolute Gasteiger partial charge is 0.346 e. The van der Waals surface area contributed by atoms with E-state index in [9.17, 15) is 9.59 Å². The number of rotatable bonds is 3. The van der Waals surface area contributed by atoms with E-state index in [-0.39, 0.29) is 11.5 Å². The Hall–Kier alpha value is -1.99. The van der Waals surface area contributed by atoms with Crippen molar-refractivity contribution in [2.45, 2.75) is 6.54 Å². The van der Waals surface area contributed by atoms with Gasteiger partial charge in [0.1, 0.15) is 4.83 Å². The van der Waals surface area contributed by atoms with E-state index in [2.05, 4.69) is 15.3 Å². The van der Waals surface area contributed by atoms with E-state index in [1.165, 1.54) is 29.0 Å². The van der Waals surface area contributed by atoms with Gasteiger partial charge < -0.3 is 10.3 Å². The highest BCUT2D eigenvalue weighted by molar-refractivity contribution is 7.18. The molecule has 19 heavy (non-hydrogen) atoms. The quantitative estimate of drug-likeness (QED) is 0.775. The predicted octanol–water partition coefficient (Wildman–Crippen LogP) is 1.98. The smallest absolute Gasteiger partial charge is 0.261 e. The molecule has 0 radical (unpaired) electrons. The minimum absolute atomic E-state index is 0.102. The summed E-state index contributed by atoms with van der Waals surface area (Å²) >= 11 is 2.81. The van der Waals surface area contributed by atoms with Gasteiger partial charge in [0.05, 0.1) is 23.1 Å². The molecule has 0 fully saturated rings. The van der Waals surface area contributed by atoms with Crippen LogP contribution in [0.15, 0.2) is 34.7 Å². The topological polar surface area (TPSA) is 74.8 Å². The third-order valence-corrected chi connectivity index (χ3v) is 4.47. The zero-order valence-corrected chi connectivity index (χ0v) is 11.3. The number of amides is 1. The predicted molar refractivity (Wildman–Crippen MR) is 75.7 cm³/mol. The molecular formula is C12H9N3O2S2. The summed E-state index contributed by atoms with van der Waals surface area (Å²) < 4.78 is 0. The molecule has 2 N–H and O–H groups in total. The highest BCUT2D eigenvalue weighted by atomic mass is 32.1. The van der Waals surface area contributed by atoms with Crippen LogP contribution in [0.4, 0.5) is 0 Å². The van der Waals surface area contributed by atoms with Gasteiger partial charge in [-0.3, -0.25) is 9.59 Å². The molecule has 0 saturated heterocycles. The maximum atomic E-state index is 11.8. The second-order valence-corrected chi connectivity index (χ2v) is 5.89. The van der Waals surface area contributed by atoms with Gasteiger partial charge in [0, 0.05) is 4.88 Å². The third-order valence-electron chi connectivity index (χ3n) is 2.55. The summed E-state index contributed by atoms with van der Waals surface area (Å²) in [6.45, 7) is 0.400. The van der Waals surface area contributed by atoms with Crippen LogP contribution in [0.3, 0.4) is 0 Å². The second-order valence-electron chi connectivity index (χ2n) is 3.82. The Kier molecular flexibility index (Phi) is 3.14. The number of thiophene rings is 2. The molecule has 96 valence electrons. The fourth-order valence-corrected chi connectivity index (χ4v) is 3.24. The van der Waals surface area contributed by atoms with Gasteiger partial charge in [-0.25, -0.2) is 4.98 Å². The van der Waals surface area contributed by atoms with Crippen LogP contribution < -0.4 is 10.9 Å². The minimum atomic E-state index is -0.155. The van der Waals surface area contributed by atoms with E-state index in [4.69, 9.17) is 0 Å². The summed E-state index contributed by atoms with van der Waals surface area (Å²) in [6.07, 6.45) is 1.38. The van der Waals surface area contributed by atoms with Crippen molar-refractivity contribution in [2.75, 3.05) is 0 Å². The molecule has 3 aromatic rings. The Morgan fingerprint density at radius 1 is 1.47 bits per heavy atom. The first-order chi connectivity index (χ1) is 9.24. The molecule has 0 aliphatic carbocycles. The Morgan fingerprint density at radius 3 is 3.11 bits per heavy atom. The van der Waals surface area contributed by atoms with E-state index >= 15 is 0 Å². The van der Waals surface area contributed by atoms with E-state index in [1.807, 2.05) is 11.4 Å². The van der Waals surface area contributed by atoms with Crippen LogP contribution in [0.1, 0.15) is 14.5 Å². The average molecular weight is 291 g/mol. The monoisotopic (exact) mass is 291 g/mol. The summed E-state index contributed by atoms with van der Waals surface area (Å²) in [6, 6.07) is 5.38. The molecule has 3 rings (SSSR count). The maximum Gasteiger partial charge on any atom is 0.261 e. The molecule has 0 atom stereocenters. The van der Waals surface area contributed by atoms with E-state index in [0.717, 1.165) is 4.88 Å². The number of hydrogen-bond donors (Lipinski definition) is 2. The van der Waals surface area contributed by atoms with Crippen LogP contribution in [0.5, 0.6) is 0 Å². The van der Waals surface area contributed by atoms with Crippen molar-refractivity contribution in [1.29, 1.82) is 0 Å². The number of carbonyl (C=O) groups excluding carboxylic acids is 1. The van der Waals surface area contributed by atoms with E-state index in [0.29, 0.717) is 21.6 Å². The molecule has 3 aromatic heterocycles. The number of nitrogens with zero attached hydrogens (tertiary/aromatic N) is 1. The zero-order valence-electron chi connectivity index (χ0n) is 9.67. The molecule has 0 spiro atoms. The third kappa shape index (κ3) is 2.42. The van der Waals surface area contributed by atoms with Crippen molar-refractivity contribution in [1.82, 2.24) is 15.3 Å².